The van der Waals surface area contributed by atoms with Gasteiger partial charge in [-0.3, -0.25) is 4.90 Å². The maximum atomic E-state index is 12.3. The van der Waals surface area contributed by atoms with E-state index in [1.165, 1.54) is 4.90 Å². The summed E-state index contributed by atoms with van der Waals surface area (Å²) in [6.45, 7) is 4.27. The Balaban J connectivity index is 2.17. The fourth-order valence-electron chi connectivity index (χ4n) is 1.74. The molecule has 0 radical (unpaired) electrons. The summed E-state index contributed by atoms with van der Waals surface area (Å²) in [4.78, 5) is 19.9. The van der Waals surface area contributed by atoms with Crippen molar-refractivity contribution in [1.29, 1.82) is 0 Å². The normalized spacial score (nSPS) is 20.0. The average molecular weight is 274 g/mol. The quantitative estimate of drug-likeness (QED) is 0.898. The largest absolute Gasteiger partial charge is 0.434 e. The highest BCUT2D eigenvalue weighted by Crippen LogP contribution is 2.27. The Morgan fingerprint density at radius 2 is 2.05 bits per heavy atom. The first kappa shape index (κ1) is 13.6. The molecule has 0 aliphatic carbocycles. The van der Waals surface area contributed by atoms with Crippen LogP contribution < -0.4 is 10.2 Å². The van der Waals surface area contributed by atoms with Crippen LogP contribution in [-0.4, -0.2) is 28.6 Å². The minimum absolute atomic E-state index is 0.0448. The monoisotopic (exact) mass is 274 g/mol. The fraction of sp³-hybridized carbons (Fsp3) is 0.545. The molecule has 2 rings (SSSR count). The van der Waals surface area contributed by atoms with E-state index in [1.54, 1.807) is 0 Å². The van der Waals surface area contributed by atoms with Crippen LogP contribution in [0.25, 0.3) is 0 Å². The van der Waals surface area contributed by atoms with Gasteiger partial charge in [0.2, 0.25) is 0 Å². The molecule has 1 aliphatic heterocycles. The molecule has 1 aliphatic rings. The highest BCUT2D eigenvalue weighted by Gasteiger charge is 2.35. The Labute approximate surface area is 107 Å². The van der Waals surface area contributed by atoms with E-state index in [2.05, 4.69) is 15.3 Å². The fourth-order valence-corrected chi connectivity index (χ4v) is 1.74. The van der Waals surface area contributed by atoms with Crippen molar-refractivity contribution in [2.75, 3.05) is 11.4 Å². The van der Waals surface area contributed by atoms with Crippen LogP contribution >= 0.6 is 0 Å². The molecule has 104 valence electrons. The van der Waals surface area contributed by atoms with Crippen molar-refractivity contribution in [3.63, 3.8) is 0 Å². The first-order chi connectivity index (χ1) is 8.79. The van der Waals surface area contributed by atoms with Crippen LogP contribution in [0.4, 0.5) is 23.8 Å². The standard InChI is InChI=1S/C11H13F3N4O/c1-6(2)7-5-18(10(19)17-7)9-4-15-8(3-16-9)11(12,13)14/h3-4,6-7H,5H2,1-2H3,(H,17,19)/t7-/m1/s1. The summed E-state index contributed by atoms with van der Waals surface area (Å²) in [5.41, 5.74) is -1.07. The third kappa shape index (κ3) is 2.77. The summed E-state index contributed by atoms with van der Waals surface area (Å²) < 4.78 is 37.0. The van der Waals surface area contributed by atoms with Crippen LogP contribution in [0.1, 0.15) is 19.5 Å². The van der Waals surface area contributed by atoms with Gasteiger partial charge in [0.1, 0.15) is 0 Å². The van der Waals surface area contributed by atoms with Gasteiger partial charge >= 0.3 is 12.2 Å². The van der Waals surface area contributed by atoms with E-state index in [4.69, 9.17) is 0 Å². The number of urea groups is 1. The third-order valence-electron chi connectivity index (χ3n) is 2.94. The van der Waals surface area contributed by atoms with E-state index in [-0.39, 0.29) is 23.8 Å². The molecule has 0 aromatic carbocycles. The Morgan fingerprint density at radius 1 is 1.37 bits per heavy atom. The Morgan fingerprint density at radius 3 is 2.47 bits per heavy atom. The van der Waals surface area contributed by atoms with Gasteiger partial charge in [-0.2, -0.15) is 13.2 Å². The highest BCUT2D eigenvalue weighted by molar-refractivity contribution is 5.93. The lowest BCUT2D eigenvalue weighted by Crippen LogP contribution is -2.31. The molecule has 2 amide bonds. The zero-order chi connectivity index (χ0) is 14.2. The van der Waals surface area contributed by atoms with Crippen molar-refractivity contribution >= 4 is 11.8 Å². The van der Waals surface area contributed by atoms with Crippen molar-refractivity contribution in [2.24, 2.45) is 5.92 Å². The Kier molecular flexibility index (Phi) is 3.34. The molecule has 1 aromatic heterocycles. The number of nitrogens with zero attached hydrogens (tertiary/aromatic N) is 3. The number of anilines is 1. The number of amides is 2. The van der Waals surface area contributed by atoms with Gasteiger partial charge in [-0.1, -0.05) is 13.8 Å². The number of rotatable bonds is 2. The summed E-state index contributed by atoms with van der Waals surface area (Å²) in [5.74, 6) is 0.352. The molecule has 0 saturated carbocycles. The lowest BCUT2D eigenvalue weighted by Gasteiger charge is -2.15. The number of aromatic nitrogens is 2. The van der Waals surface area contributed by atoms with E-state index >= 15 is 0 Å². The van der Waals surface area contributed by atoms with Gasteiger partial charge in [-0.15, -0.1) is 0 Å². The summed E-state index contributed by atoms with van der Waals surface area (Å²) in [5, 5.41) is 2.74. The van der Waals surface area contributed by atoms with Gasteiger partial charge in [0.15, 0.2) is 11.5 Å². The number of hydrogen-bond donors (Lipinski definition) is 1. The number of carbonyl (C=O) groups excluding carboxylic acids is 1. The molecule has 2 heterocycles. The second-order valence-corrected chi connectivity index (χ2v) is 4.67. The number of halogens is 3. The first-order valence-electron chi connectivity index (χ1n) is 5.76. The zero-order valence-electron chi connectivity index (χ0n) is 10.4. The highest BCUT2D eigenvalue weighted by atomic mass is 19.4. The molecule has 19 heavy (non-hydrogen) atoms. The predicted octanol–water partition coefficient (Wildman–Crippen LogP) is 2.05. The molecule has 5 nitrogen and oxygen atoms in total. The van der Waals surface area contributed by atoms with Gasteiger partial charge in [0, 0.05) is 6.54 Å². The van der Waals surface area contributed by atoms with Crippen LogP contribution in [0.2, 0.25) is 0 Å². The van der Waals surface area contributed by atoms with Gasteiger partial charge in [-0.25, -0.2) is 14.8 Å². The number of alkyl halides is 3. The van der Waals surface area contributed by atoms with Crippen LogP contribution in [0.3, 0.4) is 0 Å². The molecule has 0 spiro atoms. The molecule has 1 N–H and O–H groups in total. The van der Waals surface area contributed by atoms with Crippen molar-refractivity contribution in [1.82, 2.24) is 15.3 Å². The van der Waals surface area contributed by atoms with Crippen LogP contribution in [-0.2, 0) is 6.18 Å². The summed E-state index contributed by atoms with van der Waals surface area (Å²) in [7, 11) is 0. The molecule has 1 aromatic rings. The topological polar surface area (TPSA) is 58.1 Å². The lowest BCUT2D eigenvalue weighted by molar-refractivity contribution is -0.141. The van der Waals surface area contributed by atoms with Crippen LogP contribution in [0, 0.1) is 5.92 Å². The second-order valence-electron chi connectivity index (χ2n) is 4.67. The van der Waals surface area contributed by atoms with Crippen LogP contribution in [0.15, 0.2) is 12.4 Å². The molecular weight excluding hydrogens is 261 g/mol. The maximum absolute atomic E-state index is 12.3. The molecule has 1 fully saturated rings. The second kappa shape index (κ2) is 4.67. The van der Waals surface area contributed by atoms with E-state index < -0.39 is 11.9 Å². The molecule has 8 heteroatoms. The average Bonchev–Trinajstić information content (AvgIpc) is 2.70. The van der Waals surface area contributed by atoms with Crippen LogP contribution in [0.5, 0.6) is 0 Å². The van der Waals surface area contributed by atoms with E-state index in [0.29, 0.717) is 12.7 Å². The van der Waals surface area contributed by atoms with Crippen molar-refractivity contribution in [3.8, 4) is 0 Å². The zero-order valence-corrected chi connectivity index (χ0v) is 10.4. The van der Waals surface area contributed by atoms with Crippen molar-refractivity contribution in [3.05, 3.63) is 18.1 Å². The summed E-state index contributed by atoms with van der Waals surface area (Å²) in [6.07, 6.45) is -2.93. The number of nitrogens with one attached hydrogen (secondary N) is 1. The molecule has 0 bridgehead atoms. The van der Waals surface area contributed by atoms with Gasteiger partial charge in [0.05, 0.1) is 18.4 Å². The Hall–Kier alpha value is -1.86. The van der Waals surface area contributed by atoms with Crippen molar-refractivity contribution < 1.29 is 18.0 Å². The van der Waals surface area contributed by atoms with Gasteiger partial charge < -0.3 is 5.32 Å². The van der Waals surface area contributed by atoms with E-state index in [9.17, 15) is 18.0 Å². The SMILES string of the molecule is CC(C)[C@H]1CN(c2cnc(C(F)(F)F)cn2)C(=O)N1. The smallest absolute Gasteiger partial charge is 0.333 e. The van der Waals surface area contributed by atoms with Crippen molar-refractivity contribution in [2.45, 2.75) is 26.1 Å². The number of carbonyl (C=O) groups is 1. The molecular formula is C11H13F3N4O. The Bertz CT molecular complexity index is 472. The minimum atomic E-state index is -4.53. The summed E-state index contributed by atoms with van der Waals surface area (Å²) >= 11 is 0. The maximum Gasteiger partial charge on any atom is 0.434 e. The predicted molar refractivity (Wildman–Crippen MR) is 61.5 cm³/mol. The van der Waals surface area contributed by atoms with E-state index in [1.807, 2.05) is 13.8 Å². The van der Waals surface area contributed by atoms with Gasteiger partial charge in [0.25, 0.3) is 0 Å². The molecule has 1 atom stereocenters. The third-order valence-corrected chi connectivity index (χ3v) is 2.94. The number of hydrogen-bond acceptors (Lipinski definition) is 3. The van der Waals surface area contributed by atoms with E-state index in [0.717, 1.165) is 6.20 Å². The molecule has 1 saturated heterocycles. The lowest BCUT2D eigenvalue weighted by atomic mass is 10.1. The summed E-state index contributed by atoms with van der Waals surface area (Å²) in [6, 6.07) is -0.413. The molecule has 0 unspecified atom stereocenters. The van der Waals surface area contributed by atoms with Gasteiger partial charge in [-0.05, 0) is 5.92 Å². The minimum Gasteiger partial charge on any atom is -0.333 e. The first-order valence-corrected chi connectivity index (χ1v) is 5.76.